The molecule has 0 aliphatic heterocycles. The van der Waals surface area contributed by atoms with E-state index in [4.69, 9.17) is 24.4 Å². The van der Waals surface area contributed by atoms with Gasteiger partial charge in [-0.25, -0.2) is 0 Å². The summed E-state index contributed by atoms with van der Waals surface area (Å²) in [5, 5.41) is 11.4. The van der Waals surface area contributed by atoms with E-state index in [1.165, 1.54) is 6.08 Å². The molecular formula is C20H20N4O2S2. The number of carbonyl (C=O) groups excluding carboxylic acids is 2. The van der Waals surface area contributed by atoms with Crippen LogP contribution in [0.1, 0.15) is 18.9 Å². The highest BCUT2D eigenvalue weighted by Crippen LogP contribution is 2.13. The maximum atomic E-state index is 11.9. The summed E-state index contributed by atoms with van der Waals surface area (Å²) in [5.41, 5.74) is 2.34. The fraction of sp³-hybridized carbons (Fsp3) is 0.100. The normalized spacial score (nSPS) is 10.2. The van der Waals surface area contributed by atoms with E-state index >= 15 is 0 Å². The van der Waals surface area contributed by atoms with Crippen LogP contribution < -0.4 is 21.3 Å². The summed E-state index contributed by atoms with van der Waals surface area (Å²) in [6, 6.07) is 16.6. The molecule has 4 N–H and O–H groups in total. The predicted molar refractivity (Wildman–Crippen MR) is 121 cm³/mol. The van der Waals surface area contributed by atoms with E-state index in [2.05, 4.69) is 21.3 Å². The van der Waals surface area contributed by atoms with Crippen LogP contribution in [0, 0.1) is 0 Å². The summed E-state index contributed by atoms with van der Waals surface area (Å²) in [7, 11) is 0. The van der Waals surface area contributed by atoms with Crippen molar-refractivity contribution in [3.05, 3.63) is 66.2 Å². The van der Waals surface area contributed by atoms with E-state index in [1.54, 1.807) is 37.3 Å². The van der Waals surface area contributed by atoms with Crippen molar-refractivity contribution < 1.29 is 9.59 Å². The summed E-state index contributed by atoms with van der Waals surface area (Å²) in [5.74, 6) is -0.477. The maximum Gasteiger partial charge on any atom is 0.250 e. The molecule has 28 heavy (non-hydrogen) atoms. The minimum atomic E-state index is -0.323. The minimum Gasteiger partial charge on any atom is -0.332 e. The minimum absolute atomic E-state index is 0.154. The first-order chi connectivity index (χ1) is 13.5. The molecule has 0 unspecified atom stereocenters. The number of hydrogen-bond acceptors (Lipinski definition) is 4. The second kappa shape index (κ2) is 10.9. The molecule has 0 fully saturated rings. The summed E-state index contributed by atoms with van der Waals surface area (Å²) in [6.07, 6.45) is 3.48. The lowest BCUT2D eigenvalue weighted by Gasteiger charge is -2.11. The van der Waals surface area contributed by atoms with Gasteiger partial charge in [0.05, 0.1) is 0 Å². The fourth-order valence-electron chi connectivity index (χ4n) is 2.07. The Morgan fingerprint density at radius 1 is 0.857 bits per heavy atom. The van der Waals surface area contributed by atoms with E-state index in [1.807, 2.05) is 30.3 Å². The molecule has 144 valence electrons. The number of amides is 2. The van der Waals surface area contributed by atoms with Crippen LogP contribution in [0.5, 0.6) is 0 Å². The fourth-order valence-corrected chi connectivity index (χ4v) is 2.52. The Balaban J connectivity index is 1.82. The van der Waals surface area contributed by atoms with E-state index < -0.39 is 0 Å². The lowest BCUT2D eigenvalue weighted by molar-refractivity contribution is -0.119. The second-order valence-corrected chi connectivity index (χ2v) is 6.44. The quantitative estimate of drug-likeness (QED) is 0.445. The van der Waals surface area contributed by atoms with Crippen LogP contribution in [-0.2, 0) is 9.59 Å². The van der Waals surface area contributed by atoms with Crippen molar-refractivity contribution in [1.29, 1.82) is 0 Å². The van der Waals surface area contributed by atoms with E-state index in [9.17, 15) is 9.59 Å². The molecule has 8 heteroatoms. The number of thiocarbonyl (C=S) groups is 2. The molecular weight excluding hydrogens is 392 g/mol. The number of nitrogens with one attached hydrogen (secondary N) is 4. The van der Waals surface area contributed by atoms with Gasteiger partial charge in [0.1, 0.15) is 0 Å². The van der Waals surface area contributed by atoms with Crippen LogP contribution in [0.3, 0.4) is 0 Å². The van der Waals surface area contributed by atoms with Crippen molar-refractivity contribution in [1.82, 2.24) is 10.6 Å². The van der Waals surface area contributed by atoms with Crippen LogP contribution in [0.15, 0.2) is 60.7 Å². The van der Waals surface area contributed by atoms with Crippen LogP contribution in [0.25, 0.3) is 6.08 Å². The molecule has 2 aromatic carbocycles. The van der Waals surface area contributed by atoms with Crippen LogP contribution >= 0.6 is 24.4 Å². The molecule has 0 bridgehead atoms. The summed E-state index contributed by atoms with van der Waals surface area (Å²) in [4.78, 5) is 23.2. The summed E-state index contributed by atoms with van der Waals surface area (Å²) < 4.78 is 0. The lowest BCUT2D eigenvalue weighted by atomic mass is 10.2. The van der Waals surface area contributed by atoms with Crippen molar-refractivity contribution in [2.75, 3.05) is 10.6 Å². The molecule has 6 nitrogen and oxygen atoms in total. The van der Waals surface area contributed by atoms with Gasteiger partial charge in [0.15, 0.2) is 10.2 Å². The Morgan fingerprint density at radius 2 is 1.39 bits per heavy atom. The summed E-state index contributed by atoms with van der Waals surface area (Å²) >= 11 is 10.2. The van der Waals surface area contributed by atoms with Crippen molar-refractivity contribution in [2.24, 2.45) is 0 Å². The predicted octanol–water partition coefficient (Wildman–Crippen LogP) is 3.44. The topological polar surface area (TPSA) is 82.3 Å². The third kappa shape index (κ3) is 7.65. The van der Waals surface area contributed by atoms with Gasteiger partial charge < -0.3 is 16.0 Å². The molecule has 2 rings (SSSR count). The first kappa shape index (κ1) is 21.2. The van der Waals surface area contributed by atoms with Crippen LogP contribution in [-0.4, -0.2) is 22.0 Å². The molecule has 0 heterocycles. The van der Waals surface area contributed by atoms with Crippen molar-refractivity contribution in [2.45, 2.75) is 13.3 Å². The number of rotatable bonds is 5. The molecule has 0 saturated heterocycles. The molecule has 0 aliphatic rings. The molecule has 0 saturated carbocycles. The van der Waals surface area contributed by atoms with E-state index in [-0.39, 0.29) is 22.0 Å². The Kier molecular flexibility index (Phi) is 8.26. The SMILES string of the molecule is CCC(=O)NC(=S)Nc1ccc(NC(=S)NC(=O)/C=C/c2ccccc2)cc1. The van der Waals surface area contributed by atoms with Gasteiger partial charge in [-0.3, -0.25) is 14.9 Å². The number of anilines is 2. The standard InChI is InChI=1S/C20H20N4O2S2/c1-2-17(25)23-19(27)21-15-9-11-16(12-10-15)22-20(28)24-18(26)13-8-14-6-4-3-5-7-14/h3-13H,2H2,1H3,(H2,21,23,25,27)(H2,22,24,26,28)/b13-8+. The Hall–Kier alpha value is -3.10. The summed E-state index contributed by atoms with van der Waals surface area (Å²) in [6.45, 7) is 1.75. The second-order valence-electron chi connectivity index (χ2n) is 5.62. The third-order valence-electron chi connectivity index (χ3n) is 3.44. The zero-order chi connectivity index (χ0) is 20.4. The van der Waals surface area contributed by atoms with Crippen molar-refractivity contribution in [3.63, 3.8) is 0 Å². The first-order valence-corrected chi connectivity index (χ1v) is 9.34. The number of benzene rings is 2. The van der Waals surface area contributed by atoms with Gasteiger partial charge in [0.2, 0.25) is 11.8 Å². The first-order valence-electron chi connectivity index (χ1n) is 8.52. The molecule has 0 atom stereocenters. The van der Waals surface area contributed by atoms with E-state index in [0.29, 0.717) is 17.8 Å². The highest BCUT2D eigenvalue weighted by molar-refractivity contribution is 7.80. The zero-order valence-corrected chi connectivity index (χ0v) is 16.8. The van der Waals surface area contributed by atoms with Gasteiger partial charge in [-0.15, -0.1) is 0 Å². The molecule has 2 aromatic rings. The molecule has 2 amide bonds. The molecule has 0 aromatic heterocycles. The number of hydrogen-bond donors (Lipinski definition) is 4. The van der Waals surface area contributed by atoms with Gasteiger partial charge in [0, 0.05) is 23.9 Å². The Morgan fingerprint density at radius 3 is 1.93 bits per heavy atom. The van der Waals surface area contributed by atoms with Crippen molar-refractivity contribution in [3.8, 4) is 0 Å². The lowest BCUT2D eigenvalue weighted by Crippen LogP contribution is -2.33. The highest BCUT2D eigenvalue weighted by Gasteiger charge is 2.04. The number of carbonyl (C=O) groups is 2. The Bertz CT molecular complexity index is 881. The molecule has 0 aliphatic carbocycles. The van der Waals surface area contributed by atoms with Crippen LogP contribution in [0.2, 0.25) is 0 Å². The van der Waals surface area contributed by atoms with Gasteiger partial charge in [-0.2, -0.15) is 0 Å². The average Bonchev–Trinajstić information content (AvgIpc) is 2.68. The maximum absolute atomic E-state index is 11.9. The van der Waals surface area contributed by atoms with E-state index in [0.717, 1.165) is 5.56 Å². The largest absolute Gasteiger partial charge is 0.332 e. The van der Waals surface area contributed by atoms with Crippen molar-refractivity contribution >= 4 is 63.9 Å². The molecule has 0 radical (unpaired) electrons. The average molecular weight is 413 g/mol. The monoisotopic (exact) mass is 412 g/mol. The smallest absolute Gasteiger partial charge is 0.250 e. The molecule has 0 spiro atoms. The highest BCUT2D eigenvalue weighted by atomic mass is 32.1. The van der Waals surface area contributed by atoms with Gasteiger partial charge in [-0.1, -0.05) is 37.3 Å². The Labute approximate surface area is 174 Å². The zero-order valence-electron chi connectivity index (χ0n) is 15.2. The third-order valence-corrected chi connectivity index (χ3v) is 3.85. The van der Waals surface area contributed by atoms with Gasteiger partial charge in [-0.05, 0) is 60.3 Å². The van der Waals surface area contributed by atoms with Gasteiger partial charge >= 0.3 is 0 Å². The van der Waals surface area contributed by atoms with Gasteiger partial charge in [0.25, 0.3) is 0 Å². The van der Waals surface area contributed by atoms with Crippen LogP contribution in [0.4, 0.5) is 11.4 Å².